The van der Waals surface area contributed by atoms with Crippen LogP contribution in [0.1, 0.15) is 15.9 Å². The van der Waals surface area contributed by atoms with Crippen LogP contribution in [0.3, 0.4) is 0 Å². The van der Waals surface area contributed by atoms with Gasteiger partial charge in [0.1, 0.15) is 17.4 Å². The van der Waals surface area contributed by atoms with E-state index in [-0.39, 0.29) is 36.0 Å². The lowest BCUT2D eigenvalue weighted by Crippen LogP contribution is -2.17. The Hall–Kier alpha value is -3.73. The molecule has 1 amide bonds. The molecule has 0 bridgehead atoms. The van der Waals surface area contributed by atoms with Crippen LogP contribution in [-0.2, 0) is 13.1 Å². The number of aliphatic hydroxyl groups is 1. The molecule has 152 valence electrons. The third-order valence-electron chi connectivity index (χ3n) is 4.00. The molecule has 0 aliphatic rings. The van der Waals surface area contributed by atoms with Gasteiger partial charge in [-0.05, 0) is 12.1 Å². The Kier molecular flexibility index (Phi) is 6.19. The monoisotopic (exact) mass is 401 g/mol. The van der Waals surface area contributed by atoms with E-state index in [1.165, 1.54) is 25.4 Å². The summed E-state index contributed by atoms with van der Waals surface area (Å²) in [5.41, 5.74) is 6.32. The highest BCUT2D eigenvalue weighted by molar-refractivity contribution is 5.97. The van der Waals surface area contributed by atoms with Gasteiger partial charge in [0.25, 0.3) is 5.91 Å². The second-order valence-corrected chi connectivity index (χ2v) is 5.94. The van der Waals surface area contributed by atoms with Gasteiger partial charge in [-0.3, -0.25) is 9.48 Å². The summed E-state index contributed by atoms with van der Waals surface area (Å²) in [7, 11) is 1.44. The summed E-state index contributed by atoms with van der Waals surface area (Å²) in [5, 5.41) is 18.9. The van der Waals surface area contributed by atoms with E-state index in [2.05, 4.69) is 25.7 Å². The summed E-state index contributed by atoms with van der Waals surface area (Å²) in [6.07, 6.45) is 4.48. The molecule has 5 N–H and O–H groups in total. The minimum absolute atomic E-state index is 0.0149. The second-order valence-electron chi connectivity index (χ2n) is 5.94. The Balaban J connectivity index is 1.83. The fraction of sp³-hybridized carbons (Fsp3) is 0.222. The molecule has 11 heteroatoms. The topological polar surface area (TPSA) is 140 Å². The number of benzene rings is 1. The summed E-state index contributed by atoms with van der Waals surface area (Å²) < 4.78 is 20.9. The molecule has 3 rings (SSSR count). The molecule has 3 aromatic rings. The number of anilines is 3. The predicted octanol–water partition coefficient (Wildman–Crippen LogP) is 1.27. The van der Waals surface area contributed by atoms with Crippen LogP contribution in [0.25, 0.3) is 0 Å². The molecule has 0 aliphatic heterocycles. The Morgan fingerprint density at radius 2 is 2.21 bits per heavy atom. The van der Waals surface area contributed by atoms with Crippen molar-refractivity contribution in [3.05, 3.63) is 53.7 Å². The molecule has 10 nitrogen and oxygen atoms in total. The van der Waals surface area contributed by atoms with Crippen LogP contribution >= 0.6 is 0 Å². The number of hydrogen-bond acceptors (Lipinski definition) is 8. The molecule has 0 aliphatic carbocycles. The van der Waals surface area contributed by atoms with Crippen LogP contribution in [0.2, 0.25) is 0 Å². The number of nitrogens with zero attached hydrogens (tertiary/aromatic N) is 4. The first-order chi connectivity index (χ1) is 14.0. The molecular weight excluding hydrogens is 381 g/mol. The quantitative estimate of drug-likeness (QED) is 0.420. The van der Waals surface area contributed by atoms with Crippen molar-refractivity contribution >= 4 is 23.4 Å². The Labute approximate surface area is 165 Å². The first-order valence-corrected chi connectivity index (χ1v) is 8.64. The van der Waals surface area contributed by atoms with Crippen LogP contribution in [0, 0.1) is 5.82 Å². The third-order valence-corrected chi connectivity index (χ3v) is 4.00. The molecule has 29 heavy (non-hydrogen) atoms. The molecular formula is C18H20FN7O3. The predicted molar refractivity (Wildman–Crippen MR) is 103 cm³/mol. The smallest absolute Gasteiger partial charge is 0.254 e. The lowest BCUT2D eigenvalue weighted by atomic mass is 10.2. The molecule has 0 unspecified atom stereocenters. The van der Waals surface area contributed by atoms with Crippen molar-refractivity contribution in [1.29, 1.82) is 0 Å². The normalized spacial score (nSPS) is 10.6. The fourth-order valence-corrected chi connectivity index (χ4v) is 2.61. The zero-order valence-electron chi connectivity index (χ0n) is 15.6. The standard InChI is InChI=1S/C18H20FN7O3/c1-29-15-4-2-3-14(19)12(15)8-21-17-13(16(20)28)9-22-18(25-17)24-11-7-23-26(10-11)5-6-27/h2-4,7,9-10,27H,5-6,8H2,1H3,(H2,20,28)(H2,21,22,24,25). The molecule has 0 fully saturated rings. The Bertz CT molecular complexity index is 1010. The van der Waals surface area contributed by atoms with Gasteiger partial charge in [0.15, 0.2) is 0 Å². The van der Waals surface area contributed by atoms with Crippen molar-refractivity contribution < 1.29 is 19.0 Å². The molecule has 0 atom stereocenters. The minimum Gasteiger partial charge on any atom is -0.496 e. The van der Waals surface area contributed by atoms with Gasteiger partial charge in [0.2, 0.25) is 5.95 Å². The number of aliphatic hydroxyl groups excluding tert-OH is 1. The van der Waals surface area contributed by atoms with Gasteiger partial charge >= 0.3 is 0 Å². The number of primary amides is 1. The van der Waals surface area contributed by atoms with Crippen LogP contribution in [0.4, 0.5) is 21.8 Å². The highest BCUT2D eigenvalue weighted by Crippen LogP contribution is 2.23. The lowest BCUT2D eigenvalue weighted by molar-refractivity contribution is 0.100. The number of carbonyl (C=O) groups excluding carboxylic acids is 1. The second kappa shape index (κ2) is 8.97. The van der Waals surface area contributed by atoms with Crippen molar-refractivity contribution in [3.8, 4) is 5.75 Å². The summed E-state index contributed by atoms with van der Waals surface area (Å²) >= 11 is 0. The zero-order valence-corrected chi connectivity index (χ0v) is 15.6. The number of hydrogen-bond donors (Lipinski definition) is 4. The summed E-state index contributed by atoms with van der Waals surface area (Å²) in [5.74, 6) is -0.497. The highest BCUT2D eigenvalue weighted by Gasteiger charge is 2.15. The van der Waals surface area contributed by atoms with Crippen LogP contribution in [-0.4, -0.2) is 44.5 Å². The maximum absolute atomic E-state index is 14.1. The van der Waals surface area contributed by atoms with Gasteiger partial charge in [-0.15, -0.1) is 0 Å². The molecule has 2 aromatic heterocycles. The van der Waals surface area contributed by atoms with Crippen molar-refractivity contribution in [2.24, 2.45) is 5.73 Å². The van der Waals surface area contributed by atoms with Gasteiger partial charge in [-0.1, -0.05) is 6.07 Å². The SMILES string of the molecule is COc1cccc(F)c1CNc1nc(Nc2cnn(CCO)c2)ncc1C(N)=O. The number of amides is 1. The van der Waals surface area contributed by atoms with E-state index in [0.717, 1.165) is 0 Å². The van der Waals surface area contributed by atoms with Crippen LogP contribution < -0.4 is 21.1 Å². The molecule has 0 radical (unpaired) electrons. The minimum atomic E-state index is -0.727. The third kappa shape index (κ3) is 4.76. The van der Waals surface area contributed by atoms with Crippen molar-refractivity contribution in [2.45, 2.75) is 13.1 Å². The number of aromatic nitrogens is 4. The maximum atomic E-state index is 14.1. The summed E-state index contributed by atoms with van der Waals surface area (Å²) in [6.45, 7) is 0.319. The van der Waals surface area contributed by atoms with E-state index in [0.29, 0.717) is 18.0 Å². The zero-order chi connectivity index (χ0) is 20.8. The molecule has 0 spiro atoms. The highest BCUT2D eigenvalue weighted by atomic mass is 19.1. The van der Waals surface area contributed by atoms with E-state index in [1.54, 1.807) is 23.1 Å². The number of carbonyl (C=O) groups is 1. The van der Waals surface area contributed by atoms with Crippen molar-refractivity contribution in [3.63, 3.8) is 0 Å². The van der Waals surface area contributed by atoms with E-state index in [9.17, 15) is 9.18 Å². The average molecular weight is 401 g/mol. The summed E-state index contributed by atoms with van der Waals surface area (Å²) in [4.78, 5) is 20.0. The van der Waals surface area contributed by atoms with Crippen molar-refractivity contribution in [1.82, 2.24) is 19.7 Å². The van der Waals surface area contributed by atoms with Gasteiger partial charge < -0.3 is 26.2 Å². The molecule has 0 saturated heterocycles. The Morgan fingerprint density at radius 3 is 2.93 bits per heavy atom. The van der Waals surface area contributed by atoms with Gasteiger partial charge in [0.05, 0.1) is 37.7 Å². The van der Waals surface area contributed by atoms with E-state index < -0.39 is 11.7 Å². The maximum Gasteiger partial charge on any atom is 0.254 e. The number of methoxy groups -OCH3 is 1. The number of halogens is 1. The summed E-state index contributed by atoms with van der Waals surface area (Å²) in [6, 6.07) is 4.48. The number of nitrogens with one attached hydrogen (secondary N) is 2. The van der Waals surface area contributed by atoms with Gasteiger partial charge in [0, 0.05) is 24.5 Å². The van der Waals surface area contributed by atoms with E-state index in [1.807, 2.05) is 0 Å². The van der Waals surface area contributed by atoms with Crippen molar-refractivity contribution in [2.75, 3.05) is 24.4 Å². The van der Waals surface area contributed by atoms with Crippen LogP contribution in [0.15, 0.2) is 36.8 Å². The first-order valence-electron chi connectivity index (χ1n) is 8.64. The molecule has 1 aromatic carbocycles. The van der Waals surface area contributed by atoms with Gasteiger partial charge in [-0.2, -0.15) is 10.1 Å². The Morgan fingerprint density at radius 1 is 1.38 bits per heavy atom. The lowest BCUT2D eigenvalue weighted by Gasteiger charge is -2.13. The molecule has 0 saturated carbocycles. The van der Waals surface area contributed by atoms with E-state index in [4.69, 9.17) is 15.6 Å². The van der Waals surface area contributed by atoms with Gasteiger partial charge in [-0.25, -0.2) is 9.37 Å². The number of ether oxygens (including phenoxy) is 1. The average Bonchev–Trinajstić information content (AvgIpc) is 3.14. The van der Waals surface area contributed by atoms with E-state index >= 15 is 0 Å². The largest absolute Gasteiger partial charge is 0.496 e. The fourth-order valence-electron chi connectivity index (χ4n) is 2.61. The molecule has 2 heterocycles. The first kappa shape index (κ1) is 20.0. The number of rotatable bonds is 9. The van der Waals surface area contributed by atoms with Crippen LogP contribution in [0.5, 0.6) is 5.75 Å². The number of nitrogens with two attached hydrogens (primary N) is 1.